The largest absolute Gasteiger partial charge is 0.368 e. The summed E-state index contributed by atoms with van der Waals surface area (Å²) in [6.45, 7) is 38.3. The Morgan fingerprint density at radius 3 is 1.35 bits per heavy atom. The van der Waals surface area contributed by atoms with Crippen molar-refractivity contribution in [3.63, 3.8) is 0 Å². The van der Waals surface area contributed by atoms with Crippen LogP contribution in [0.5, 0.6) is 0 Å². The van der Waals surface area contributed by atoms with E-state index in [1.165, 1.54) is 58.0 Å². The van der Waals surface area contributed by atoms with Gasteiger partial charge >= 0.3 is 0 Å². The third-order valence-electron chi connectivity index (χ3n) is 20.3. The molecule has 0 N–H and O–H groups in total. The summed E-state index contributed by atoms with van der Waals surface area (Å²) >= 11 is 0. The van der Waals surface area contributed by atoms with E-state index in [2.05, 4.69) is 97.8 Å². The van der Waals surface area contributed by atoms with E-state index in [1.807, 2.05) is 16.7 Å². The SMILES string of the molecule is C[C@@H]1C[C@H](C)[C@H](C)B2C[C@@H]3[C@H](C)c4c(c5c(c6c4N4C[C@H]7B(C[C@@H]4[C@@H]6C)[C@@H](C)[C@@H](C)C[C@H]7C)N4C[C@H]6B([C@@H](C)[C@@H](C)C[C@H]6C)[C@H](C)[C@@H]4C5)N3CC21. The minimum atomic E-state index is 0.641. The summed E-state index contributed by atoms with van der Waals surface area (Å²) in [4.78, 5) is 9.39. The van der Waals surface area contributed by atoms with Crippen molar-refractivity contribution in [2.45, 2.75) is 192 Å². The molecule has 9 aliphatic rings. The molecular weight excluding hydrogens is 615 g/mol. The maximum Gasteiger partial charge on any atom is 0.154 e. The summed E-state index contributed by atoms with van der Waals surface area (Å²) < 4.78 is 0. The number of hydrogen-bond donors (Lipinski definition) is 0. The van der Waals surface area contributed by atoms with Crippen molar-refractivity contribution >= 4 is 37.2 Å². The summed E-state index contributed by atoms with van der Waals surface area (Å²) in [6.07, 6.45) is 8.46. The molecule has 6 saturated heterocycles. The lowest BCUT2D eigenvalue weighted by Gasteiger charge is -2.54. The molecule has 0 aliphatic carbocycles. The van der Waals surface area contributed by atoms with Crippen LogP contribution in [0.25, 0.3) is 0 Å². The first kappa shape index (κ1) is 34.3. The van der Waals surface area contributed by atoms with Crippen molar-refractivity contribution in [2.24, 2.45) is 35.5 Å². The lowest BCUT2D eigenvalue weighted by Crippen LogP contribution is -2.56. The third-order valence-corrected chi connectivity index (χ3v) is 20.3. The van der Waals surface area contributed by atoms with Crippen molar-refractivity contribution in [1.82, 2.24) is 0 Å². The molecule has 3 nitrogen and oxygen atoms in total. The smallest absolute Gasteiger partial charge is 0.154 e. The van der Waals surface area contributed by atoms with Gasteiger partial charge in [0, 0.05) is 83.3 Å². The molecule has 6 heteroatoms. The van der Waals surface area contributed by atoms with E-state index in [4.69, 9.17) is 0 Å². The molecular formula is C45H72B3N3. The molecule has 9 heterocycles. The van der Waals surface area contributed by atoms with Gasteiger partial charge in [-0.25, -0.2) is 0 Å². The van der Waals surface area contributed by atoms with Gasteiger partial charge in [-0.2, -0.15) is 0 Å². The average Bonchev–Trinajstić information content (AvgIpc) is 3.71. The summed E-state index contributed by atoms with van der Waals surface area (Å²) in [5.41, 5.74) is 10.9. The number of rotatable bonds is 0. The zero-order valence-corrected chi connectivity index (χ0v) is 34.8. The van der Waals surface area contributed by atoms with Crippen molar-refractivity contribution in [2.75, 3.05) is 34.3 Å². The zero-order valence-electron chi connectivity index (χ0n) is 34.8. The maximum absolute atomic E-state index is 3.13. The van der Waals surface area contributed by atoms with E-state index in [-0.39, 0.29) is 0 Å². The Balaban J connectivity index is 1.14. The highest BCUT2D eigenvalue weighted by Gasteiger charge is 2.60. The first-order valence-corrected chi connectivity index (χ1v) is 22.8. The van der Waals surface area contributed by atoms with E-state index in [9.17, 15) is 0 Å². The molecule has 0 spiro atoms. The van der Waals surface area contributed by atoms with Gasteiger partial charge in [-0.3, -0.25) is 0 Å². The lowest BCUT2D eigenvalue weighted by atomic mass is 9.21. The van der Waals surface area contributed by atoms with Gasteiger partial charge in [0.2, 0.25) is 0 Å². The van der Waals surface area contributed by atoms with Crippen LogP contribution in [0.3, 0.4) is 0 Å². The van der Waals surface area contributed by atoms with Gasteiger partial charge in [0.25, 0.3) is 0 Å². The highest BCUT2D eigenvalue weighted by atomic mass is 15.3. The predicted molar refractivity (Wildman–Crippen MR) is 225 cm³/mol. The minimum Gasteiger partial charge on any atom is -0.368 e. The molecule has 51 heavy (non-hydrogen) atoms. The standard InChI is InChI=1S/C45H72B3N3/c1-22-13-25(4)35-19-50-39(17-46(35)30(22)9)28(7)42-44(50)34-16-38-33(12)48-32(11)24(3)15-27(6)37(48)21-49(38)43(34)41-29(8)40-18-47-31(10)23(2)14-26(5)36(47)20-51(40)45(41)42/h22-33,35-40H,13-21H2,1-12H3/t22-,23-,24-,25+,26+,27+,28-,29-,30-,31-,32-,33+,35?,36+,37+,38-,39+,40+/m0/s1. The number of fused-ring (bicyclic) bond motifs is 15. The predicted octanol–water partition coefficient (Wildman–Crippen LogP) is 11.2. The Bertz CT molecular complexity index is 1580. The molecule has 1 unspecified atom stereocenters. The minimum absolute atomic E-state index is 0.641. The highest BCUT2D eigenvalue weighted by molar-refractivity contribution is 6.65. The van der Waals surface area contributed by atoms with Gasteiger partial charge in [0.1, 0.15) is 0 Å². The second-order valence-corrected chi connectivity index (χ2v) is 22.2. The van der Waals surface area contributed by atoms with Crippen LogP contribution in [0.1, 0.15) is 131 Å². The molecule has 0 radical (unpaired) electrons. The quantitative estimate of drug-likeness (QED) is 0.252. The Morgan fingerprint density at radius 2 is 0.843 bits per heavy atom. The topological polar surface area (TPSA) is 9.72 Å². The number of benzene rings is 1. The van der Waals surface area contributed by atoms with E-state index < -0.39 is 0 Å². The average molecular weight is 688 g/mol. The summed E-state index contributed by atoms with van der Waals surface area (Å²) in [5, 5.41) is 0. The second kappa shape index (κ2) is 11.7. The summed E-state index contributed by atoms with van der Waals surface area (Å²) in [6, 6.07) is 2.07. The van der Waals surface area contributed by atoms with Gasteiger partial charge < -0.3 is 14.7 Å². The van der Waals surface area contributed by atoms with Crippen LogP contribution < -0.4 is 14.7 Å². The molecule has 9 aliphatic heterocycles. The normalized spacial score (nSPS) is 49.4. The molecule has 276 valence electrons. The second-order valence-electron chi connectivity index (χ2n) is 22.2. The molecule has 6 fully saturated rings. The molecule has 1 aromatic rings. The van der Waals surface area contributed by atoms with Crippen LogP contribution >= 0.6 is 0 Å². The zero-order chi connectivity index (χ0) is 35.7. The molecule has 10 rings (SSSR count). The molecule has 0 bridgehead atoms. The van der Waals surface area contributed by atoms with E-state index in [1.54, 1.807) is 17.1 Å². The monoisotopic (exact) mass is 688 g/mol. The van der Waals surface area contributed by atoms with Crippen LogP contribution in [0.4, 0.5) is 17.1 Å². The van der Waals surface area contributed by atoms with Gasteiger partial charge in [0.05, 0.1) is 0 Å². The number of nitrogens with zero attached hydrogens (tertiary/aromatic N) is 3. The van der Waals surface area contributed by atoms with Gasteiger partial charge in [-0.1, -0.05) is 113 Å². The summed E-state index contributed by atoms with van der Waals surface area (Å²) in [7, 11) is 0. The fourth-order valence-corrected chi connectivity index (χ4v) is 17.0. The van der Waals surface area contributed by atoms with E-state index in [0.717, 1.165) is 96.4 Å². The number of anilines is 3. The lowest BCUT2D eigenvalue weighted by molar-refractivity contribution is 0.322. The Morgan fingerprint density at radius 1 is 0.431 bits per heavy atom. The van der Waals surface area contributed by atoms with Gasteiger partial charge in [-0.15, -0.1) is 0 Å². The van der Waals surface area contributed by atoms with Crippen LogP contribution in [0.15, 0.2) is 0 Å². The van der Waals surface area contributed by atoms with Crippen molar-refractivity contribution in [3.8, 4) is 0 Å². The fourth-order valence-electron chi connectivity index (χ4n) is 17.0. The highest BCUT2D eigenvalue weighted by Crippen LogP contribution is 2.67. The van der Waals surface area contributed by atoms with E-state index >= 15 is 0 Å². The Hall–Kier alpha value is -1.19. The van der Waals surface area contributed by atoms with Crippen molar-refractivity contribution < 1.29 is 0 Å². The molecule has 0 aromatic heterocycles. The molecule has 0 amide bonds. The number of hydrogen-bond acceptors (Lipinski definition) is 3. The fraction of sp³-hybridized carbons (Fsp3) is 0.867. The van der Waals surface area contributed by atoms with Crippen LogP contribution in [0.2, 0.25) is 53.4 Å². The van der Waals surface area contributed by atoms with Gasteiger partial charge in [0.15, 0.2) is 20.1 Å². The van der Waals surface area contributed by atoms with E-state index in [0.29, 0.717) is 30.0 Å². The van der Waals surface area contributed by atoms with Crippen LogP contribution in [0, 0.1) is 35.5 Å². The van der Waals surface area contributed by atoms with Crippen LogP contribution in [-0.4, -0.2) is 57.9 Å². The Kier molecular flexibility index (Phi) is 7.85. The van der Waals surface area contributed by atoms with Crippen molar-refractivity contribution in [3.05, 3.63) is 16.7 Å². The molecule has 18 atom stereocenters. The Labute approximate surface area is 314 Å². The van der Waals surface area contributed by atoms with Crippen LogP contribution in [-0.2, 0) is 6.42 Å². The van der Waals surface area contributed by atoms with Gasteiger partial charge in [-0.05, 0) is 84.5 Å². The first-order chi connectivity index (χ1) is 24.3. The maximum atomic E-state index is 3.13. The third kappa shape index (κ3) is 4.46. The molecule has 0 saturated carbocycles. The summed E-state index contributed by atoms with van der Waals surface area (Å²) in [5.74, 6) is 12.4. The molecule has 1 aromatic carbocycles. The van der Waals surface area contributed by atoms with Crippen molar-refractivity contribution in [1.29, 1.82) is 0 Å². The first-order valence-electron chi connectivity index (χ1n) is 22.8.